The minimum absolute atomic E-state index is 0.167. The van der Waals surface area contributed by atoms with Gasteiger partial charge in [-0.3, -0.25) is 10.3 Å². The molecule has 0 atom stereocenters. The number of nitrogens with zero attached hydrogens (tertiary/aromatic N) is 5. The fourth-order valence-electron chi connectivity index (χ4n) is 2.07. The number of urea groups is 1. The molecule has 2 heterocycles. The Morgan fingerprint density at radius 3 is 2.79 bits per heavy atom. The van der Waals surface area contributed by atoms with E-state index in [1.54, 1.807) is 17.3 Å². The van der Waals surface area contributed by atoms with E-state index in [4.69, 9.17) is 0 Å². The zero-order valence-electron chi connectivity index (χ0n) is 14.4. The maximum atomic E-state index is 12.6. The van der Waals surface area contributed by atoms with Gasteiger partial charge in [-0.25, -0.2) is 4.79 Å². The monoisotopic (exact) mass is 348 g/mol. The molecule has 130 valence electrons. The number of hydrogen-bond acceptors (Lipinski definition) is 6. The molecule has 0 aliphatic heterocycles. The van der Waals surface area contributed by atoms with Crippen molar-refractivity contribution in [3.63, 3.8) is 0 Å². The summed E-state index contributed by atoms with van der Waals surface area (Å²) < 4.78 is 0. The van der Waals surface area contributed by atoms with Crippen LogP contribution in [0.15, 0.2) is 24.5 Å². The van der Waals surface area contributed by atoms with Gasteiger partial charge in [-0.15, -0.1) is 10.2 Å². The first-order chi connectivity index (χ1) is 11.6. The maximum absolute atomic E-state index is 12.6. The second-order valence-electron chi connectivity index (χ2n) is 5.77. The second-order valence-corrected chi connectivity index (χ2v) is 6.83. The molecule has 0 saturated carbocycles. The molecule has 0 fully saturated rings. The van der Waals surface area contributed by atoms with E-state index in [0.717, 1.165) is 30.0 Å². The molecule has 2 amide bonds. The van der Waals surface area contributed by atoms with Crippen molar-refractivity contribution in [2.45, 2.75) is 26.3 Å². The fraction of sp³-hybridized carbons (Fsp3) is 0.500. The molecule has 0 aliphatic carbocycles. The number of nitrogens with one attached hydrogen (secondary N) is 1. The van der Waals surface area contributed by atoms with Crippen LogP contribution in [-0.2, 0) is 13.0 Å². The summed E-state index contributed by atoms with van der Waals surface area (Å²) >= 11 is 1.43. The predicted molar refractivity (Wildman–Crippen MR) is 96.1 cm³/mol. The fourth-order valence-corrected chi connectivity index (χ4v) is 2.91. The van der Waals surface area contributed by atoms with Gasteiger partial charge in [-0.1, -0.05) is 24.3 Å². The molecule has 1 N–H and O–H groups in total. The van der Waals surface area contributed by atoms with E-state index < -0.39 is 0 Å². The Bertz CT molecular complexity index is 631. The Morgan fingerprint density at radius 2 is 2.12 bits per heavy atom. The summed E-state index contributed by atoms with van der Waals surface area (Å²) in [6.07, 6.45) is 5.40. The summed E-state index contributed by atoms with van der Waals surface area (Å²) in [4.78, 5) is 20.5. The molecule has 0 unspecified atom stereocenters. The van der Waals surface area contributed by atoms with Gasteiger partial charge in [-0.2, -0.15) is 0 Å². The van der Waals surface area contributed by atoms with Crippen molar-refractivity contribution in [2.75, 3.05) is 32.5 Å². The minimum Gasteiger partial charge on any atom is -0.319 e. The van der Waals surface area contributed by atoms with Gasteiger partial charge in [0.05, 0.1) is 0 Å². The van der Waals surface area contributed by atoms with Gasteiger partial charge in [0.25, 0.3) is 0 Å². The van der Waals surface area contributed by atoms with Crippen LogP contribution in [0.5, 0.6) is 0 Å². The topological polar surface area (TPSA) is 74.2 Å². The summed E-state index contributed by atoms with van der Waals surface area (Å²) in [5.74, 6) is 0. The molecule has 2 rings (SSSR count). The SMILES string of the molecule is CCCc1nnc(NC(=O)N(CCN(C)C)Cc2cccnc2)s1. The molecule has 0 aromatic carbocycles. The molecule has 2 aromatic rings. The third-order valence-electron chi connectivity index (χ3n) is 3.35. The highest BCUT2D eigenvalue weighted by molar-refractivity contribution is 7.15. The van der Waals surface area contributed by atoms with E-state index in [-0.39, 0.29) is 6.03 Å². The lowest BCUT2D eigenvalue weighted by atomic mass is 10.2. The van der Waals surface area contributed by atoms with Gasteiger partial charge < -0.3 is 9.80 Å². The standard InChI is InChI=1S/C16H24N6OS/c1-4-6-14-19-20-15(24-14)18-16(23)22(10-9-21(2)3)12-13-7-5-8-17-11-13/h5,7-8,11H,4,6,9-10,12H2,1-3H3,(H,18,20,23). The van der Waals surface area contributed by atoms with Crippen LogP contribution < -0.4 is 5.32 Å². The lowest BCUT2D eigenvalue weighted by Gasteiger charge is -2.24. The molecule has 0 aliphatic rings. The van der Waals surface area contributed by atoms with Crippen LogP contribution in [0.1, 0.15) is 23.9 Å². The highest BCUT2D eigenvalue weighted by Gasteiger charge is 2.16. The number of amides is 2. The molecule has 0 radical (unpaired) electrons. The number of pyridine rings is 1. The molecule has 24 heavy (non-hydrogen) atoms. The number of carbonyl (C=O) groups is 1. The Hall–Kier alpha value is -2.06. The molecule has 0 saturated heterocycles. The zero-order chi connectivity index (χ0) is 17.4. The van der Waals surface area contributed by atoms with Crippen LogP contribution in [0.25, 0.3) is 0 Å². The molecule has 0 spiro atoms. The van der Waals surface area contributed by atoms with E-state index in [9.17, 15) is 4.79 Å². The quantitative estimate of drug-likeness (QED) is 0.793. The maximum Gasteiger partial charge on any atom is 0.324 e. The summed E-state index contributed by atoms with van der Waals surface area (Å²) in [6, 6.07) is 3.67. The largest absolute Gasteiger partial charge is 0.324 e. The first kappa shape index (κ1) is 18.3. The Morgan fingerprint density at radius 1 is 1.29 bits per heavy atom. The first-order valence-electron chi connectivity index (χ1n) is 8.00. The van der Waals surface area contributed by atoms with Crippen molar-refractivity contribution < 1.29 is 4.79 Å². The highest BCUT2D eigenvalue weighted by Crippen LogP contribution is 2.17. The van der Waals surface area contributed by atoms with Crippen molar-refractivity contribution in [2.24, 2.45) is 0 Å². The minimum atomic E-state index is -0.167. The van der Waals surface area contributed by atoms with Crippen molar-refractivity contribution >= 4 is 22.5 Å². The normalized spacial score (nSPS) is 10.8. The number of rotatable bonds is 8. The number of carbonyl (C=O) groups excluding carboxylic acids is 1. The molecular weight excluding hydrogens is 324 g/mol. The molecule has 7 nitrogen and oxygen atoms in total. The number of likely N-dealkylation sites (N-methyl/N-ethyl adjacent to an activating group) is 1. The molecule has 0 bridgehead atoms. The molecule has 8 heteroatoms. The van der Waals surface area contributed by atoms with E-state index in [1.165, 1.54) is 11.3 Å². The van der Waals surface area contributed by atoms with E-state index in [2.05, 4.69) is 27.4 Å². The number of hydrogen-bond donors (Lipinski definition) is 1. The number of anilines is 1. The van der Waals surface area contributed by atoms with Crippen LogP contribution >= 0.6 is 11.3 Å². The predicted octanol–water partition coefficient (Wildman–Crippen LogP) is 2.48. The van der Waals surface area contributed by atoms with Crippen molar-refractivity contribution in [1.82, 2.24) is 25.0 Å². The van der Waals surface area contributed by atoms with Gasteiger partial charge in [0.2, 0.25) is 5.13 Å². The van der Waals surface area contributed by atoms with E-state index >= 15 is 0 Å². The third kappa shape index (κ3) is 5.86. The molecular formula is C16H24N6OS. The Kier molecular flexibility index (Phi) is 7.07. The number of aromatic nitrogens is 3. The lowest BCUT2D eigenvalue weighted by Crippen LogP contribution is -2.39. The van der Waals surface area contributed by atoms with Crippen LogP contribution in [0.3, 0.4) is 0 Å². The third-order valence-corrected chi connectivity index (χ3v) is 4.24. The highest BCUT2D eigenvalue weighted by atomic mass is 32.1. The average molecular weight is 348 g/mol. The van der Waals surface area contributed by atoms with E-state index in [1.807, 2.05) is 31.1 Å². The van der Waals surface area contributed by atoms with Crippen LogP contribution in [-0.4, -0.2) is 58.2 Å². The van der Waals surface area contributed by atoms with Crippen molar-refractivity contribution in [3.8, 4) is 0 Å². The Labute approximate surface area is 146 Å². The van der Waals surface area contributed by atoms with Crippen LogP contribution in [0, 0.1) is 0 Å². The zero-order valence-corrected chi connectivity index (χ0v) is 15.2. The van der Waals surface area contributed by atoms with Gasteiger partial charge in [0, 0.05) is 38.4 Å². The van der Waals surface area contributed by atoms with Gasteiger partial charge >= 0.3 is 6.03 Å². The summed E-state index contributed by atoms with van der Waals surface area (Å²) in [7, 11) is 3.98. The van der Waals surface area contributed by atoms with Gasteiger partial charge in [0.1, 0.15) is 5.01 Å². The van der Waals surface area contributed by atoms with Crippen LogP contribution in [0.4, 0.5) is 9.93 Å². The number of aryl methyl sites for hydroxylation is 1. The lowest BCUT2D eigenvalue weighted by molar-refractivity contribution is 0.202. The van der Waals surface area contributed by atoms with Crippen LogP contribution in [0.2, 0.25) is 0 Å². The summed E-state index contributed by atoms with van der Waals surface area (Å²) in [6.45, 7) is 4.00. The van der Waals surface area contributed by atoms with Gasteiger partial charge in [-0.05, 0) is 32.1 Å². The summed E-state index contributed by atoms with van der Waals surface area (Å²) in [5.41, 5.74) is 0.996. The summed E-state index contributed by atoms with van der Waals surface area (Å²) in [5, 5.41) is 12.5. The average Bonchev–Trinajstić information content (AvgIpc) is 2.99. The van der Waals surface area contributed by atoms with Gasteiger partial charge in [0.15, 0.2) is 0 Å². The molecule has 2 aromatic heterocycles. The van der Waals surface area contributed by atoms with Crippen molar-refractivity contribution in [1.29, 1.82) is 0 Å². The first-order valence-corrected chi connectivity index (χ1v) is 8.82. The van der Waals surface area contributed by atoms with Crippen molar-refractivity contribution in [3.05, 3.63) is 35.1 Å². The smallest absolute Gasteiger partial charge is 0.319 e. The Balaban J connectivity index is 2.02. The van der Waals surface area contributed by atoms with E-state index in [0.29, 0.717) is 18.2 Å². The second kappa shape index (κ2) is 9.29.